The summed E-state index contributed by atoms with van der Waals surface area (Å²) in [5, 5.41) is 1.09. The Kier molecular flexibility index (Phi) is 9.86. The molecule has 0 aliphatic rings. The first-order valence-electron chi connectivity index (χ1n) is 6.19. The molecule has 1 rings (SSSR count). The van der Waals surface area contributed by atoms with Gasteiger partial charge in [0.2, 0.25) is 0 Å². The monoisotopic (exact) mass is 316 g/mol. The Labute approximate surface area is 117 Å². The normalized spacial score (nSPS) is 10.6. The molecule has 0 unspecified atom stereocenters. The first-order chi connectivity index (χ1) is 8.43. The van der Waals surface area contributed by atoms with Crippen molar-refractivity contribution in [3.63, 3.8) is 0 Å². The third-order valence-corrected chi connectivity index (χ3v) is 3.93. The molecule has 0 saturated heterocycles. The van der Waals surface area contributed by atoms with Crippen LogP contribution in [0.15, 0.2) is 30.3 Å². The summed E-state index contributed by atoms with van der Waals surface area (Å²) in [6, 6.07) is 10.7. The van der Waals surface area contributed by atoms with Crippen LogP contribution in [0.1, 0.15) is 18.4 Å². The molecular weight excluding hydrogens is 296 g/mol. The topological polar surface area (TPSA) is 9.23 Å². The van der Waals surface area contributed by atoms with Crippen LogP contribution in [0.2, 0.25) is 0 Å². The first kappa shape index (κ1) is 15.1. The van der Waals surface area contributed by atoms with Crippen molar-refractivity contribution in [2.24, 2.45) is 0 Å². The lowest BCUT2D eigenvalue weighted by Crippen LogP contribution is -2.00. The number of unbranched alkanes of at least 4 members (excludes halogenated alkanes) is 1. The van der Waals surface area contributed by atoms with Crippen LogP contribution in [0.3, 0.4) is 0 Å². The fourth-order valence-electron chi connectivity index (χ4n) is 1.46. The summed E-state index contributed by atoms with van der Waals surface area (Å²) in [6.45, 7) is 1.80. The molecule has 17 heavy (non-hydrogen) atoms. The van der Waals surface area contributed by atoms with Gasteiger partial charge in [-0.25, -0.2) is 0 Å². The fraction of sp³-hybridized carbons (Fsp3) is 0.571. The predicted octanol–water partition coefficient (Wildman–Crippen LogP) is 4.15. The van der Waals surface area contributed by atoms with Gasteiger partial charge in [-0.15, -0.1) is 0 Å². The highest BCUT2D eigenvalue weighted by molar-refractivity contribution is 9.09. The van der Waals surface area contributed by atoms with Crippen molar-refractivity contribution in [3.8, 4) is 0 Å². The summed E-state index contributed by atoms with van der Waals surface area (Å²) in [6.07, 6.45) is 3.54. The third kappa shape index (κ3) is 8.70. The predicted molar refractivity (Wildman–Crippen MR) is 81.3 cm³/mol. The number of ether oxygens (including phenoxy) is 1. The second-order valence-electron chi connectivity index (χ2n) is 3.86. The van der Waals surface area contributed by atoms with E-state index in [0.29, 0.717) is 0 Å². The van der Waals surface area contributed by atoms with E-state index in [9.17, 15) is 0 Å². The molecule has 0 radical (unpaired) electrons. The number of hydrogen-bond donors (Lipinski definition) is 0. The minimum atomic E-state index is 0.891. The van der Waals surface area contributed by atoms with Crippen molar-refractivity contribution in [2.45, 2.75) is 19.3 Å². The van der Waals surface area contributed by atoms with E-state index in [0.717, 1.165) is 30.7 Å². The number of alkyl halides is 1. The van der Waals surface area contributed by atoms with E-state index in [2.05, 4.69) is 46.3 Å². The summed E-state index contributed by atoms with van der Waals surface area (Å²) in [4.78, 5) is 0. The van der Waals surface area contributed by atoms with Crippen molar-refractivity contribution in [3.05, 3.63) is 35.9 Å². The minimum Gasteiger partial charge on any atom is -0.381 e. The molecule has 0 N–H and O–H groups in total. The van der Waals surface area contributed by atoms with Crippen molar-refractivity contribution in [1.29, 1.82) is 0 Å². The van der Waals surface area contributed by atoms with Gasteiger partial charge in [0.15, 0.2) is 0 Å². The van der Waals surface area contributed by atoms with Crippen LogP contribution in [-0.2, 0) is 11.2 Å². The summed E-state index contributed by atoms with van der Waals surface area (Å²) in [5.74, 6) is 2.30. The summed E-state index contributed by atoms with van der Waals surface area (Å²) >= 11 is 5.39. The summed E-state index contributed by atoms with van der Waals surface area (Å²) in [5.41, 5.74) is 1.43. The van der Waals surface area contributed by atoms with E-state index in [4.69, 9.17) is 4.74 Å². The van der Waals surface area contributed by atoms with Gasteiger partial charge in [-0.2, -0.15) is 11.8 Å². The molecule has 0 aromatic heterocycles. The van der Waals surface area contributed by atoms with Gasteiger partial charge in [0, 0.05) is 17.7 Å². The molecular formula is C14H21BrOS. The maximum Gasteiger partial charge on any atom is 0.0556 e. The SMILES string of the molecule is BrCCCCOCCSCCc1ccccc1. The second-order valence-corrected chi connectivity index (χ2v) is 5.87. The Morgan fingerprint density at radius 2 is 1.82 bits per heavy atom. The Morgan fingerprint density at radius 3 is 2.59 bits per heavy atom. The largest absolute Gasteiger partial charge is 0.381 e. The average molecular weight is 317 g/mol. The zero-order valence-electron chi connectivity index (χ0n) is 10.2. The van der Waals surface area contributed by atoms with Crippen molar-refractivity contribution in [2.75, 3.05) is 30.0 Å². The molecule has 0 aliphatic heterocycles. The maximum atomic E-state index is 5.55. The molecule has 1 nitrogen and oxygen atoms in total. The Balaban J connectivity index is 1.85. The molecule has 0 bridgehead atoms. The zero-order valence-corrected chi connectivity index (χ0v) is 12.6. The van der Waals surface area contributed by atoms with Crippen LogP contribution < -0.4 is 0 Å². The molecule has 0 atom stereocenters. The van der Waals surface area contributed by atoms with Crippen LogP contribution in [0.4, 0.5) is 0 Å². The number of aryl methyl sites for hydroxylation is 1. The molecule has 1 aromatic carbocycles. The molecule has 0 aliphatic carbocycles. The van der Waals surface area contributed by atoms with E-state index in [1.54, 1.807) is 0 Å². The second kappa shape index (κ2) is 11.1. The van der Waals surface area contributed by atoms with Gasteiger partial charge in [-0.3, -0.25) is 0 Å². The van der Waals surface area contributed by atoms with Gasteiger partial charge >= 0.3 is 0 Å². The molecule has 0 heterocycles. The molecule has 0 saturated carbocycles. The Bertz CT molecular complexity index is 266. The van der Waals surface area contributed by atoms with E-state index in [-0.39, 0.29) is 0 Å². The quantitative estimate of drug-likeness (QED) is 0.473. The highest BCUT2D eigenvalue weighted by atomic mass is 79.9. The van der Waals surface area contributed by atoms with Gasteiger partial charge < -0.3 is 4.74 Å². The lowest BCUT2D eigenvalue weighted by Gasteiger charge is -2.04. The van der Waals surface area contributed by atoms with Gasteiger partial charge in [-0.05, 0) is 30.6 Å². The highest BCUT2D eigenvalue weighted by Crippen LogP contribution is 2.06. The van der Waals surface area contributed by atoms with Gasteiger partial charge in [0.25, 0.3) is 0 Å². The highest BCUT2D eigenvalue weighted by Gasteiger charge is 1.93. The molecule has 0 fully saturated rings. The van der Waals surface area contributed by atoms with Gasteiger partial charge in [-0.1, -0.05) is 46.3 Å². The van der Waals surface area contributed by atoms with Crippen LogP contribution in [0.25, 0.3) is 0 Å². The van der Waals surface area contributed by atoms with E-state index in [1.807, 2.05) is 11.8 Å². The Morgan fingerprint density at radius 1 is 1.00 bits per heavy atom. The van der Waals surface area contributed by atoms with Crippen molar-refractivity contribution in [1.82, 2.24) is 0 Å². The maximum absolute atomic E-state index is 5.55. The standard InChI is InChI=1S/C14H21BrOS/c15-9-4-5-10-16-11-13-17-12-8-14-6-2-1-3-7-14/h1-3,6-7H,4-5,8-13H2. The number of rotatable bonds is 10. The number of halogens is 1. The zero-order chi connectivity index (χ0) is 12.2. The van der Waals surface area contributed by atoms with E-state index >= 15 is 0 Å². The van der Waals surface area contributed by atoms with Crippen LogP contribution in [-0.4, -0.2) is 30.0 Å². The molecule has 1 aromatic rings. The van der Waals surface area contributed by atoms with Crippen molar-refractivity contribution >= 4 is 27.7 Å². The molecule has 0 amide bonds. The number of hydrogen-bond acceptors (Lipinski definition) is 2. The smallest absolute Gasteiger partial charge is 0.0556 e. The molecule has 96 valence electrons. The summed E-state index contributed by atoms with van der Waals surface area (Å²) < 4.78 is 5.55. The Hall–Kier alpha value is 0.0100. The van der Waals surface area contributed by atoms with Crippen LogP contribution in [0.5, 0.6) is 0 Å². The average Bonchev–Trinajstić information content (AvgIpc) is 2.38. The van der Waals surface area contributed by atoms with Crippen molar-refractivity contribution < 1.29 is 4.74 Å². The molecule has 0 spiro atoms. The molecule has 3 heteroatoms. The lowest BCUT2D eigenvalue weighted by atomic mass is 10.2. The van der Waals surface area contributed by atoms with Crippen LogP contribution >= 0.6 is 27.7 Å². The fourth-order valence-corrected chi connectivity index (χ4v) is 2.67. The lowest BCUT2D eigenvalue weighted by molar-refractivity contribution is 0.147. The number of thioether (sulfide) groups is 1. The number of benzene rings is 1. The minimum absolute atomic E-state index is 0.891. The summed E-state index contributed by atoms with van der Waals surface area (Å²) in [7, 11) is 0. The third-order valence-electron chi connectivity index (χ3n) is 2.42. The van der Waals surface area contributed by atoms with E-state index in [1.165, 1.54) is 24.2 Å². The van der Waals surface area contributed by atoms with Gasteiger partial charge in [0.1, 0.15) is 0 Å². The van der Waals surface area contributed by atoms with Gasteiger partial charge in [0.05, 0.1) is 6.61 Å². The van der Waals surface area contributed by atoms with Crippen LogP contribution in [0, 0.1) is 0 Å². The first-order valence-corrected chi connectivity index (χ1v) is 8.46. The van der Waals surface area contributed by atoms with E-state index < -0.39 is 0 Å².